The van der Waals surface area contributed by atoms with Gasteiger partial charge in [0.05, 0.1) is 4.92 Å². The Bertz CT molecular complexity index is 281. The normalized spacial score (nSPS) is 27.5. The van der Waals surface area contributed by atoms with Gasteiger partial charge in [-0.1, -0.05) is 0 Å². The van der Waals surface area contributed by atoms with Crippen LogP contribution in [0.15, 0.2) is 16.8 Å². The number of fused-ring (bicyclic) bond motifs is 1. The van der Waals surface area contributed by atoms with Crippen LogP contribution in [0.1, 0.15) is 19.3 Å². The van der Waals surface area contributed by atoms with E-state index in [1.165, 1.54) is 0 Å². The highest BCUT2D eigenvalue weighted by atomic mass is 16.6. The lowest BCUT2D eigenvalue weighted by atomic mass is 9.90. The zero-order valence-corrected chi connectivity index (χ0v) is 6.69. The summed E-state index contributed by atoms with van der Waals surface area (Å²) in [5, 5.41) is 10.4. The van der Waals surface area contributed by atoms with Crippen molar-refractivity contribution in [1.29, 1.82) is 0 Å². The summed E-state index contributed by atoms with van der Waals surface area (Å²) >= 11 is 0. The summed E-state index contributed by atoms with van der Waals surface area (Å²) in [5.74, 6) is 0.508. The fraction of sp³-hybridized carbons (Fsp3) is 0.625. The van der Waals surface area contributed by atoms with Crippen molar-refractivity contribution in [2.75, 3.05) is 6.54 Å². The Balaban J connectivity index is 2.24. The molecule has 2 rings (SSSR count). The molecule has 64 valence electrons. The van der Waals surface area contributed by atoms with E-state index in [1.807, 2.05) is 0 Å². The fourth-order valence-corrected chi connectivity index (χ4v) is 1.79. The molecule has 0 aromatic carbocycles. The molecule has 0 aromatic heterocycles. The lowest BCUT2D eigenvalue weighted by Crippen LogP contribution is -2.16. The number of allylic oxidation sites excluding steroid dienone is 2. The standard InChI is InChI=1S/C8H10N2O2/c11-10(12)7-2-1-6-3-4-9-8(6)5-7/h5-6H,1-4H2. The molecule has 0 bridgehead atoms. The number of nitro groups is 1. The first-order chi connectivity index (χ1) is 5.77. The largest absolute Gasteiger partial charge is 0.289 e. The van der Waals surface area contributed by atoms with Crippen LogP contribution in [0, 0.1) is 16.0 Å². The maximum absolute atomic E-state index is 10.4. The Morgan fingerprint density at radius 3 is 3.17 bits per heavy atom. The van der Waals surface area contributed by atoms with E-state index in [-0.39, 0.29) is 4.92 Å². The summed E-state index contributed by atoms with van der Waals surface area (Å²) in [6.45, 7) is 0.849. The number of nitrogens with zero attached hydrogens (tertiary/aromatic N) is 2. The molecule has 2 aliphatic rings. The summed E-state index contributed by atoms with van der Waals surface area (Å²) in [6, 6.07) is 0. The van der Waals surface area contributed by atoms with Crippen LogP contribution in [0.25, 0.3) is 0 Å². The molecule has 1 aliphatic heterocycles. The molecule has 0 radical (unpaired) electrons. The van der Waals surface area contributed by atoms with Crippen molar-refractivity contribution >= 4 is 5.71 Å². The average Bonchev–Trinajstić information content (AvgIpc) is 2.49. The molecule has 1 heterocycles. The van der Waals surface area contributed by atoms with Gasteiger partial charge < -0.3 is 0 Å². The summed E-state index contributed by atoms with van der Waals surface area (Å²) in [7, 11) is 0. The monoisotopic (exact) mass is 166 g/mol. The molecular weight excluding hydrogens is 156 g/mol. The van der Waals surface area contributed by atoms with Gasteiger partial charge in [-0.25, -0.2) is 0 Å². The fourth-order valence-electron chi connectivity index (χ4n) is 1.79. The summed E-state index contributed by atoms with van der Waals surface area (Å²) in [5.41, 5.74) is 1.28. The minimum Gasteiger partial charge on any atom is -0.289 e. The van der Waals surface area contributed by atoms with Crippen LogP contribution in [0.2, 0.25) is 0 Å². The van der Waals surface area contributed by atoms with Gasteiger partial charge in [0.2, 0.25) is 5.70 Å². The number of aliphatic imine (C=N–C) groups is 1. The Labute approximate surface area is 70.1 Å². The molecular formula is C8H10N2O2. The maximum atomic E-state index is 10.4. The molecule has 1 aliphatic carbocycles. The van der Waals surface area contributed by atoms with Gasteiger partial charge in [0.15, 0.2) is 0 Å². The van der Waals surface area contributed by atoms with E-state index >= 15 is 0 Å². The van der Waals surface area contributed by atoms with Crippen LogP contribution in [0.4, 0.5) is 0 Å². The third kappa shape index (κ3) is 1.13. The molecule has 1 unspecified atom stereocenters. The topological polar surface area (TPSA) is 55.5 Å². The van der Waals surface area contributed by atoms with Gasteiger partial charge in [0.1, 0.15) is 0 Å². The summed E-state index contributed by atoms with van der Waals surface area (Å²) in [4.78, 5) is 14.4. The molecule has 4 heteroatoms. The van der Waals surface area contributed by atoms with E-state index in [1.54, 1.807) is 6.08 Å². The van der Waals surface area contributed by atoms with E-state index in [0.29, 0.717) is 18.0 Å². The van der Waals surface area contributed by atoms with Gasteiger partial charge in [-0.3, -0.25) is 15.1 Å². The molecule has 12 heavy (non-hydrogen) atoms. The van der Waals surface area contributed by atoms with E-state index in [9.17, 15) is 10.1 Å². The van der Waals surface area contributed by atoms with Gasteiger partial charge in [-0.15, -0.1) is 0 Å². The lowest BCUT2D eigenvalue weighted by Gasteiger charge is -2.13. The first kappa shape index (κ1) is 7.46. The minimum atomic E-state index is -0.295. The Morgan fingerprint density at radius 1 is 1.58 bits per heavy atom. The summed E-state index contributed by atoms with van der Waals surface area (Å²) in [6.07, 6.45) is 4.25. The second-order valence-electron chi connectivity index (χ2n) is 3.22. The van der Waals surface area contributed by atoms with E-state index in [4.69, 9.17) is 0 Å². The molecule has 0 spiro atoms. The zero-order valence-electron chi connectivity index (χ0n) is 6.69. The maximum Gasteiger partial charge on any atom is 0.248 e. The van der Waals surface area contributed by atoms with Gasteiger partial charge in [0.25, 0.3) is 0 Å². The molecule has 4 nitrogen and oxygen atoms in total. The second kappa shape index (κ2) is 2.69. The summed E-state index contributed by atoms with van der Waals surface area (Å²) < 4.78 is 0. The van der Waals surface area contributed by atoms with E-state index in [0.717, 1.165) is 25.1 Å². The van der Waals surface area contributed by atoms with Crippen LogP contribution < -0.4 is 0 Å². The second-order valence-corrected chi connectivity index (χ2v) is 3.22. The highest BCUT2D eigenvalue weighted by molar-refractivity contribution is 5.98. The van der Waals surface area contributed by atoms with Gasteiger partial charge >= 0.3 is 0 Å². The average molecular weight is 166 g/mol. The van der Waals surface area contributed by atoms with Gasteiger partial charge in [-0.2, -0.15) is 0 Å². The van der Waals surface area contributed by atoms with Gasteiger partial charge in [-0.05, 0) is 12.8 Å². The number of hydrogen-bond acceptors (Lipinski definition) is 3. The number of hydrogen-bond donors (Lipinski definition) is 0. The van der Waals surface area contributed by atoms with E-state index < -0.39 is 0 Å². The van der Waals surface area contributed by atoms with Crippen LogP contribution >= 0.6 is 0 Å². The van der Waals surface area contributed by atoms with Crippen molar-refractivity contribution in [2.45, 2.75) is 19.3 Å². The Kier molecular flexibility index (Phi) is 1.67. The van der Waals surface area contributed by atoms with Crippen molar-refractivity contribution in [2.24, 2.45) is 10.9 Å². The molecule has 1 atom stereocenters. The van der Waals surface area contributed by atoms with Crippen LogP contribution in [-0.2, 0) is 0 Å². The van der Waals surface area contributed by atoms with Crippen LogP contribution in [-0.4, -0.2) is 17.2 Å². The van der Waals surface area contributed by atoms with Crippen molar-refractivity contribution < 1.29 is 4.92 Å². The number of rotatable bonds is 1. The van der Waals surface area contributed by atoms with Gasteiger partial charge in [0, 0.05) is 30.7 Å². The quantitative estimate of drug-likeness (QED) is 0.436. The minimum absolute atomic E-state index is 0.295. The van der Waals surface area contributed by atoms with Crippen molar-refractivity contribution in [3.05, 3.63) is 21.9 Å². The molecule has 0 aromatic rings. The van der Waals surface area contributed by atoms with Crippen LogP contribution in [0.5, 0.6) is 0 Å². The predicted molar refractivity (Wildman–Crippen MR) is 44.7 cm³/mol. The molecule has 0 saturated carbocycles. The van der Waals surface area contributed by atoms with Crippen molar-refractivity contribution in [3.63, 3.8) is 0 Å². The highest BCUT2D eigenvalue weighted by Crippen LogP contribution is 2.28. The van der Waals surface area contributed by atoms with Crippen molar-refractivity contribution in [3.8, 4) is 0 Å². The third-order valence-corrected chi connectivity index (χ3v) is 2.49. The van der Waals surface area contributed by atoms with Crippen LogP contribution in [0.3, 0.4) is 0 Å². The molecule has 0 N–H and O–H groups in total. The zero-order chi connectivity index (χ0) is 8.55. The van der Waals surface area contributed by atoms with Crippen molar-refractivity contribution in [1.82, 2.24) is 0 Å². The molecule has 0 amide bonds. The smallest absolute Gasteiger partial charge is 0.248 e. The first-order valence-corrected chi connectivity index (χ1v) is 4.16. The Hall–Kier alpha value is -1.19. The Morgan fingerprint density at radius 2 is 2.42 bits per heavy atom. The molecule has 0 fully saturated rings. The first-order valence-electron chi connectivity index (χ1n) is 4.16. The third-order valence-electron chi connectivity index (χ3n) is 2.49. The highest BCUT2D eigenvalue weighted by Gasteiger charge is 2.28. The predicted octanol–water partition coefficient (Wildman–Crippen LogP) is 1.40. The SMILES string of the molecule is O=[N+]([O-])C1=CC2=NCCC2CC1. The van der Waals surface area contributed by atoms with E-state index in [2.05, 4.69) is 4.99 Å². The molecule has 0 saturated heterocycles. The lowest BCUT2D eigenvalue weighted by molar-refractivity contribution is -0.428.